The largest absolute Gasteiger partial charge is 0.364 e. The standard InChI is InChI=1S/C5H14NOP/c1-4-5(6-2)8-7-3/h5-6,8H,4H2,1-3H3/t5-/m1/s1. The Balaban J connectivity index is 3.07. The molecular weight excluding hydrogens is 121 g/mol. The molecule has 0 aromatic heterocycles. The summed E-state index contributed by atoms with van der Waals surface area (Å²) in [7, 11) is 4.29. The van der Waals surface area contributed by atoms with Gasteiger partial charge < -0.3 is 9.84 Å². The maximum absolute atomic E-state index is 4.95. The van der Waals surface area contributed by atoms with Gasteiger partial charge in [-0.15, -0.1) is 0 Å². The van der Waals surface area contributed by atoms with Crippen LogP contribution in [0.25, 0.3) is 0 Å². The van der Waals surface area contributed by atoms with E-state index in [4.69, 9.17) is 4.52 Å². The topological polar surface area (TPSA) is 21.3 Å². The van der Waals surface area contributed by atoms with E-state index in [1.54, 1.807) is 7.11 Å². The van der Waals surface area contributed by atoms with E-state index in [2.05, 4.69) is 12.2 Å². The molecule has 3 heteroatoms. The van der Waals surface area contributed by atoms with Crippen LogP contribution >= 0.6 is 8.81 Å². The summed E-state index contributed by atoms with van der Waals surface area (Å²) >= 11 is 0. The van der Waals surface area contributed by atoms with Crippen LogP contribution in [0, 0.1) is 0 Å². The molecule has 0 heterocycles. The summed E-state index contributed by atoms with van der Waals surface area (Å²) in [5.41, 5.74) is 0. The van der Waals surface area contributed by atoms with Gasteiger partial charge in [0.1, 0.15) is 0 Å². The van der Waals surface area contributed by atoms with E-state index in [9.17, 15) is 0 Å². The van der Waals surface area contributed by atoms with Gasteiger partial charge in [0.2, 0.25) is 0 Å². The van der Waals surface area contributed by atoms with Crippen molar-refractivity contribution in [1.82, 2.24) is 5.32 Å². The normalized spacial score (nSPS) is 15.4. The molecule has 1 N–H and O–H groups in total. The highest BCUT2D eigenvalue weighted by Crippen LogP contribution is 2.17. The third-order valence-electron chi connectivity index (χ3n) is 1.02. The molecule has 1 unspecified atom stereocenters. The van der Waals surface area contributed by atoms with Gasteiger partial charge in [0.05, 0.1) is 0 Å². The molecule has 0 aliphatic heterocycles. The summed E-state index contributed by atoms with van der Waals surface area (Å²) in [4.78, 5) is 0. The summed E-state index contributed by atoms with van der Waals surface area (Å²) in [5, 5.41) is 3.14. The molecule has 50 valence electrons. The van der Waals surface area contributed by atoms with Gasteiger partial charge in [-0.3, -0.25) is 0 Å². The van der Waals surface area contributed by atoms with E-state index in [1.165, 1.54) is 0 Å². The average Bonchev–Trinajstić information content (AvgIpc) is 1.83. The zero-order valence-electron chi connectivity index (χ0n) is 5.69. The zero-order chi connectivity index (χ0) is 6.41. The number of hydrogen-bond acceptors (Lipinski definition) is 2. The minimum absolute atomic E-state index is 0.556. The van der Waals surface area contributed by atoms with Crippen LogP contribution < -0.4 is 5.32 Å². The molecule has 0 saturated heterocycles. The van der Waals surface area contributed by atoms with Crippen molar-refractivity contribution >= 4 is 8.81 Å². The average molecular weight is 135 g/mol. The molecule has 8 heavy (non-hydrogen) atoms. The summed E-state index contributed by atoms with van der Waals surface area (Å²) in [6.07, 6.45) is 1.14. The third kappa shape index (κ3) is 3.36. The molecule has 0 radical (unpaired) electrons. The van der Waals surface area contributed by atoms with Crippen LogP contribution in [0.5, 0.6) is 0 Å². The lowest BCUT2D eigenvalue weighted by Gasteiger charge is -2.10. The first-order chi connectivity index (χ1) is 3.85. The van der Waals surface area contributed by atoms with Crippen LogP contribution in [-0.4, -0.2) is 19.9 Å². The fourth-order valence-electron chi connectivity index (χ4n) is 0.489. The Morgan fingerprint density at radius 2 is 2.38 bits per heavy atom. The molecule has 0 bridgehead atoms. The van der Waals surface area contributed by atoms with E-state index in [0.29, 0.717) is 14.6 Å². The molecule has 0 aromatic carbocycles. The van der Waals surface area contributed by atoms with Crippen molar-refractivity contribution in [1.29, 1.82) is 0 Å². The third-order valence-corrected chi connectivity index (χ3v) is 2.23. The van der Waals surface area contributed by atoms with Crippen LogP contribution in [0.4, 0.5) is 0 Å². The van der Waals surface area contributed by atoms with Gasteiger partial charge in [-0.05, 0) is 13.5 Å². The summed E-state index contributed by atoms with van der Waals surface area (Å²) in [6.45, 7) is 2.15. The van der Waals surface area contributed by atoms with Crippen molar-refractivity contribution < 1.29 is 4.52 Å². The van der Waals surface area contributed by atoms with E-state index in [1.807, 2.05) is 7.05 Å². The summed E-state index contributed by atoms with van der Waals surface area (Å²) < 4.78 is 4.95. The first-order valence-corrected chi connectivity index (χ1v) is 3.79. The van der Waals surface area contributed by atoms with E-state index < -0.39 is 0 Å². The summed E-state index contributed by atoms with van der Waals surface area (Å²) in [5.74, 6) is 0.556. The SMILES string of the molecule is CC[C@H](NC)POC. The van der Waals surface area contributed by atoms with Crippen molar-refractivity contribution in [2.24, 2.45) is 0 Å². The maximum atomic E-state index is 4.95. The van der Waals surface area contributed by atoms with Crippen molar-refractivity contribution in [2.45, 2.75) is 19.1 Å². The van der Waals surface area contributed by atoms with Gasteiger partial charge in [-0.2, -0.15) is 0 Å². The summed E-state index contributed by atoms with van der Waals surface area (Å²) in [6, 6.07) is 0. The Bertz CT molecular complexity index is 47.7. The van der Waals surface area contributed by atoms with Crippen LogP contribution in [0.1, 0.15) is 13.3 Å². The van der Waals surface area contributed by atoms with Crippen LogP contribution in [0.2, 0.25) is 0 Å². The fraction of sp³-hybridized carbons (Fsp3) is 1.00. The Hall–Kier alpha value is 0.350. The van der Waals surface area contributed by atoms with Crippen molar-refractivity contribution in [3.63, 3.8) is 0 Å². The van der Waals surface area contributed by atoms with Crippen LogP contribution in [0.15, 0.2) is 0 Å². The molecule has 0 amide bonds. The lowest BCUT2D eigenvalue weighted by Crippen LogP contribution is -2.18. The number of hydrogen-bond donors (Lipinski definition) is 1. The molecule has 0 rings (SSSR count). The van der Waals surface area contributed by atoms with E-state index in [0.717, 1.165) is 6.42 Å². The van der Waals surface area contributed by atoms with Gasteiger partial charge in [0.25, 0.3) is 0 Å². The lowest BCUT2D eigenvalue weighted by molar-refractivity contribution is 0.460. The maximum Gasteiger partial charge on any atom is 0.0483 e. The van der Waals surface area contributed by atoms with Gasteiger partial charge in [0, 0.05) is 21.7 Å². The minimum atomic E-state index is 0.556. The zero-order valence-corrected chi connectivity index (χ0v) is 6.69. The predicted molar refractivity (Wildman–Crippen MR) is 38.5 cm³/mol. The van der Waals surface area contributed by atoms with Crippen molar-refractivity contribution in [2.75, 3.05) is 14.2 Å². The van der Waals surface area contributed by atoms with Crippen molar-refractivity contribution in [3.8, 4) is 0 Å². The second-order valence-electron chi connectivity index (χ2n) is 1.57. The molecule has 0 saturated carbocycles. The van der Waals surface area contributed by atoms with E-state index in [-0.39, 0.29) is 0 Å². The smallest absolute Gasteiger partial charge is 0.0483 e. The molecule has 0 aliphatic carbocycles. The van der Waals surface area contributed by atoms with Gasteiger partial charge in [0.15, 0.2) is 0 Å². The van der Waals surface area contributed by atoms with Gasteiger partial charge >= 0.3 is 0 Å². The molecular formula is C5H14NOP. The molecule has 0 spiro atoms. The van der Waals surface area contributed by atoms with E-state index >= 15 is 0 Å². The Morgan fingerprint density at radius 1 is 1.75 bits per heavy atom. The highest BCUT2D eigenvalue weighted by molar-refractivity contribution is 7.33. The number of nitrogens with one attached hydrogen (secondary N) is 1. The minimum Gasteiger partial charge on any atom is -0.364 e. The second-order valence-corrected chi connectivity index (χ2v) is 2.91. The highest BCUT2D eigenvalue weighted by Gasteiger charge is 1.98. The van der Waals surface area contributed by atoms with Gasteiger partial charge in [-0.1, -0.05) is 6.92 Å². The van der Waals surface area contributed by atoms with Crippen LogP contribution in [-0.2, 0) is 4.52 Å². The lowest BCUT2D eigenvalue weighted by atomic mass is 10.5. The first-order valence-electron chi connectivity index (χ1n) is 2.81. The Kier molecular flexibility index (Phi) is 5.73. The highest BCUT2D eigenvalue weighted by atomic mass is 31.1. The van der Waals surface area contributed by atoms with Gasteiger partial charge in [-0.25, -0.2) is 0 Å². The fourth-order valence-corrected chi connectivity index (χ4v) is 1.06. The molecule has 2 atom stereocenters. The molecule has 0 aliphatic rings. The molecule has 0 aromatic rings. The predicted octanol–water partition coefficient (Wildman–Crippen LogP) is 1.18. The Morgan fingerprint density at radius 3 is 2.50 bits per heavy atom. The molecule has 2 nitrogen and oxygen atoms in total. The number of rotatable bonds is 4. The first kappa shape index (κ1) is 8.35. The second kappa shape index (κ2) is 5.49. The van der Waals surface area contributed by atoms with Crippen LogP contribution in [0.3, 0.4) is 0 Å². The quantitative estimate of drug-likeness (QED) is 0.584. The Labute approximate surface area is 52.9 Å². The molecule has 0 fully saturated rings. The monoisotopic (exact) mass is 135 g/mol. The van der Waals surface area contributed by atoms with Crippen molar-refractivity contribution in [3.05, 3.63) is 0 Å².